The second kappa shape index (κ2) is 9.83. The largest absolute Gasteiger partial charge is 0.365 e. The molecule has 1 aromatic heterocycles. The minimum atomic E-state index is -1.47. The van der Waals surface area contributed by atoms with Crippen molar-refractivity contribution in [2.45, 2.75) is 43.5 Å². The van der Waals surface area contributed by atoms with Gasteiger partial charge in [-0.15, -0.1) is 0 Å². The molecule has 33 heavy (non-hydrogen) atoms. The summed E-state index contributed by atoms with van der Waals surface area (Å²) in [5.41, 5.74) is 1.50. The van der Waals surface area contributed by atoms with Crippen LogP contribution in [0.4, 0.5) is 5.69 Å². The first-order chi connectivity index (χ1) is 15.7. The number of amides is 1. The summed E-state index contributed by atoms with van der Waals surface area (Å²) in [4.78, 5) is 21.9. The molecule has 1 amide bonds. The highest BCUT2D eigenvalue weighted by molar-refractivity contribution is 7.84. The fraction of sp³-hybridized carbons (Fsp3) is 0.348. The summed E-state index contributed by atoms with van der Waals surface area (Å²) in [5.74, 6) is 0.718. The fourth-order valence-corrected chi connectivity index (χ4v) is 5.64. The van der Waals surface area contributed by atoms with E-state index in [0.717, 1.165) is 5.69 Å². The molecule has 0 radical (unpaired) electrons. The van der Waals surface area contributed by atoms with E-state index in [-0.39, 0.29) is 34.7 Å². The second-order valence-electron chi connectivity index (χ2n) is 8.02. The van der Waals surface area contributed by atoms with Crippen molar-refractivity contribution in [3.05, 3.63) is 69.8 Å². The topological polar surface area (TPSA) is 79.5 Å². The van der Waals surface area contributed by atoms with Crippen LogP contribution in [0, 0.1) is 6.92 Å². The molecule has 3 aromatic rings. The van der Waals surface area contributed by atoms with Gasteiger partial charge in [-0.25, -0.2) is 0 Å². The number of carbonyl (C=O) groups excluding carboxylic acids is 1. The van der Waals surface area contributed by atoms with E-state index >= 15 is 0 Å². The number of aryl methyl sites for hydroxylation is 1. The molecule has 1 fully saturated rings. The fourth-order valence-electron chi connectivity index (χ4n) is 4.02. The smallest absolute Gasteiger partial charge is 0.254 e. The third kappa shape index (κ3) is 5.08. The van der Waals surface area contributed by atoms with Crippen LogP contribution in [0.2, 0.25) is 10.0 Å². The quantitative estimate of drug-likeness (QED) is 0.497. The summed E-state index contributed by atoms with van der Waals surface area (Å²) in [6, 6.07) is 12.7. The third-order valence-electron chi connectivity index (χ3n) is 5.91. The van der Waals surface area contributed by atoms with Crippen molar-refractivity contribution in [1.29, 1.82) is 0 Å². The molecule has 0 N–H and O–H groups in total. The molecule has 0 saturated carbocycles. The highest BCUT2D eigenvalue weighted by Crippen LogP contribution is 2.29. The molecule has 1 aliphatic rings. The van der Waals surface area contributed by atoms with Crippen LogP contribution in [0.5, 0.6) is 0 Å². The van der Waals surface area contributed by atoms with Crippen LogP contribution in [0.25, 0.3) is 0 Å². The first kappa shape index (κ1) is 23.7. The molecule has 0 spiro atoms. The van der Waals surface area contributed by atoms with Crippen molar-refractivity contribution < 1.29 is 13.5 Å². The predicted octanol–water partition coefficient (Wildman–Crippen LogP) is 4.73. The summed E-state index contributed by atoms with van der Waals surface area (Å²) in [7, 11) is -1.47. The first-order valence-corrected chi connectivity index (χ1v) is 12.6. The molecular formula is C23H24Cl2N4O3S. The highest BCUT2D eigenvalue weighted by Gasteiger charge is 2.34. The Morgan fingerprint density at radius 2 is 1.94 bits per heavy atom. The lowest BCUT2D eigenvalue weighted by atomic mass is 10.0. The Balaban J connectivity index is 1.47. The molecule has 1 saturated heterocycles. The van der Waals surface area contributed by atoms with E-state index in [9.17, 15) is 9.00 Å². The van der Waals surface area contributed by atoms with Crippen molar-refractivity contribution in [3.63, 3.8) is 0 Å². The number of carbonyl (C=O) groups is 1. The van der Waals surface area contributed by atoms with Crippen molar-refractivity contribution in [2.75, 3.05) is 18.0 Å². The van der Waals surface area contributed by atoms with E-state index in [0.29, 0.717) is 34.4 Å². The third-order valence-corrected chi connectivity index (χ3v) is 7.93. The number of rotatable bonds is 5. The standard InChI is InChI=1S/C23H24Cl2N4O3S/c1-14-15(2)29(10-9-28(14)19-6-4-5-18(24)12-19)23(30)17-7-8-21(20(25)11-17)33(31)13-22-26-16(3)27-32-22/h4-8,11-12,14-15H,9-10,13H2,1-3H3/t14-,15-,33?/m0/s1. The van der Waals surface area contributed by atoms with E-state index < -0.39 is 10.8 Å². The van der Waals surface area contributed by atoms with E-state index in [1.54, 1.807) is 25.1 Å². The molecule has 0 bridgehead atoms. The first-order valence-electron chi connectivity index (χ1n) is 10.5. The molecule has 2 aromatic carbocycles. The monoisotopic (exact) mass is 506 g/mol. The summed E-state index contributed by atoms with van der Waals surface area (Å²) < 4.78 is 17.7. The van der Waals surface area contributed by atoms with Crippen LogP contribution in [-0.2, 0) is 16.6 Å². The van der Waals surface area contributed by atoms with Gasteiger partial charge in [-0.1, -0.05) is 34.4 Å². The lowest BCUT2D eigenvalue weighted by Gasteiger charge is -2.46. The lowest BCUT2D eigenvalue weighted by Crippen LogP contribution is -2.59. The Hall–Kier alpha value is -2.42. The lowest BCUT2D eigenvalue weighted by molar-refractivity contribution is 0.0634. The van der Waals surface area contributed by atoms with Gasteiger partial charge in [-0.05, 0) is 57.2 Å². The van der Waals surface area contributed by atoms with Crippen LogP contribution in [0.3, 0.4) is 0 Å². The van der Waals surface area contributed by atoms with Crippen LogP contribution in [0.15, 0.2) is 51.9 Å². The van der Waals surface area contributed by atoms with Crippen molar-refractivity contribution >= 4 is 45.6 Å². The Morgan fingerprint density at radius 1 is 1.15 bits per heavy atom. The SMILES string of the molecule is Cc1noc(CS(=O)c2ccc(C(=O)N3CCN(c4cccc(Cl)c4)[C@@H](C)[C@@H]3C)cc2Cl)n1. The van der Waals surface area contributed by atoms with Gasteiger partial charge < -0.3 is 14.3 Å². The molecule has 1 aliphatic heterocycles. The Bertz CT molecular complexity index is 1200. The maximum atomic E-state index is 13.3. The Labute approximate surface area is 205 Å². The van der Waals surface area contributed by atoms with Crippen molar-refractivity contribution in [3.8, 4) is 0 Å². The molecule has 1 unspecified atom stereocenters. The van der Waals surface area contributed by atoms with Gasteiger partial charge in [-0.3, -0.25) is 9.00 Å². The number of piperazine rings is 1. The summed E-state index contributed by atoms with van der Waals surface area (Å²) in [5, 5.41) is 4.66. The molecule has 3 atom stereocenters. The number of halogens is 2. The van der Waals surface area contributed by atoms with Gasteiger partial charge in [-0.2, -0.15) is 4.98 Å². The van der Waals surface area contributed by atoms with Crippen LogP contribution in [0.1, 0.15) is 35.9 Å². The van der Waals surface area contributed by atoms with Crippen LogP contribution < -0.4 is 4.90 Å². The van der Waals surface area contributed by atoms with Gasteiger partial charge in [0.25, 0.3) is 5.91 Å². The molecular weight excluding hydrogens is 483 g/mol. The van der Waals surface area contributed by atoms with Gasteiger partial charge in [0.2, 0.25) is 5.89 Å². The average Bonchev–Trinajstić information content (AvgIpc) is 3.19. The van der Waals surface area contributed by atoms with E-state index in [1.807, 2.05) is 36.1 Å². The Morgan fingerprint density at radius 3 is 2.61 bits per heavy atom. The van der Waals surface area contributed by atoms with E-state index in [2.05, 4.69) is 22.0 Å². The molecule has 7 nitrogen and oxygen atoms in total. The average molecular weight is 507 g/mol. The summed E-state index contributed by atoms with van der Waals surface area (Å²) >= 11 is 12.6. The molecule has 0 aliphatic carbocycles. The maximum Gasteiger partial charge on any atom is 0.254 e. The van der Waals surface area contributed by atoms with E-state index in [1.165, 1.54) is 0 Å². The van der Waals surface area contributed by atoms with Crippen LogP contribution in [-0.4, -0.2) is 50.3 Å². The number of benzene rings is 2. The number of hydrogen-bond donors (Lipinski definition) is 0. The zero-order valence-electron chi connectivity index (χ0n) is 18.5. The predicted molar refractivity (Wildman–Crippen MR) is 129 cm³/mol. The van der Waals surface area contributed by atoms with Crippen molar-refractivity contribution in [2.24, 2.45) is 0 Å². The normalized spacial score (nSPS) is 19.5. The molecule has 4 rings (SSSR count). The van der Waals surface area contributed by atoms with Gasteiger partial charge in [0.05, 0.1) is 20.7 Å². The molecule has 174 valence electrons. The summed E-state index contributed by atoms with van der Waals surface area (Å²) in [6.07, 6.45) is 0. The molecule has 2 heterocycles. The van der Waals surface area contributed by atoms with Gasteiger partial charge in [0.15, 0.2) is 5.82 Å². The minimum Gasteiger partial charge on any atom is -0.365 e. The van der Waals surface area contributed by atoms with Gasteiger partial charge in [0.1, 0.15) is 5.75 Å². The zero-order chi connectivity index (χ0) is 23.7. The zero-order valence-corrected chi connectivity index (χ0v) is 20.8. The highest BCUT2D eigenvalue weighted by atomic mass is 35.5. The van der Waals surface area contributed by atoms with Gasteiger partial charge in [0, 0.05) is 41.4 Å². The Kier molecular flexibility index (Phi) is 7.07. The maximum absolute atomic E-state index is 13.3. The van der Waals surface area contributed by atoms with E-state index in [4.69, 9.17) is 27.7 Å². The summed E-state index contributed by atoms with van der Waals surface area (Å²) in [6.45, 7) is 7.09. The number of hydrogen-bond acceptors (Lipinski definition) is 6. The van der Waals surface area contributed by atoms with Gasteiger partial charge >= 0.3 is 0 Å². The number of aromatic nitrogens is 2. The second-order valence-corrected chi connectivity index (χ2v) is 10.3. The number of anilines is 1. The molecule has 10 heteroatoms. The van der Waals surface area contributed by atoms with Crippen molar-refractivity contribution in [1.82, 2.24) is 15.0 Å². The van der Waals surface area contributed by atoms with Crippen LogP contribution >= 0.6 is 23.2 Å². The number of nitrogens with zero attached hydrogens (tertiary/aromatic N) is 4. The minimum absolute atomic E-state index is 0.0291.